The molecule has 0 aliphatic carbocycles. The number of rotatable bonds is 14. The summed E-state index contributed by atoms with van der Waals surface area (Å²) in [5, 5.41) is 7.49. The number of hydrogen-bond acceptors (Lipinski definition) is 11. The number of hydrogen-bond donors (Lipinski definition) is 2. The van der Waals surface area contributed by atoms with Gasteiger partial charge in [0.2, 0.25) is 11.8 Å². The maximum absolute atomic E-state index is 12.8. The van der Waals surface area contributed by atoms with Crippen LogP contribution in [0.2, 0.25) is 0 Å². The van der Waals surface area contributed by atoms with Gasteiger partial charge in [-0.25, -0.2) is 9.78 Å². The summed E-state index contributed by atoms with van der Waals surface area (Å²) in [6.07, 6.45) is 0.325. The number of imide groups is 1. The van der Waals surface area contributed by atoms with E-state index in [9.17, 15) is 24.0 Å². The van der Waals surface area contributed by atoms with Gasteiger partial charge in [-0.05, 0) is 61.9 Å². The molecule has 5 amide bonds. The molecule has 15 heteroatoms. The van der Waals surface area contributed by atoms with Crippen LogP contribution in [0.1, 0.15) is 24.6 Å². The van der Waals surface area contributed by atoms with E-state index in [4.69, 9.17) is 14.2 Å². The van der Waals surface area contributed by atoms with Crippen LogP contribution < -0.4 is 25.0 Å². The minimum atomic E-state index is -0.473. The fourth-order valence-electron chi connectivity index (χ4n) is 5.37. The minimum absolute atomic E-state index is 0.0781. The van der Waals surface area contributed by atoms with Crippen molar-refractivity contribution in [2.45, 2.75) is 26.7 Å². The van der Waals surface area contributed by atoms with E-state index >= 15 is 0 Å². The monoisotopic (exact) mass is 692 g/mol. The lowest BCUT2D eigenvalue weighted by Crippen LogP contribution is -2.50. The first-order valence-electron chi connectivity index (χ1n) is 16.1. The SMILES string of the molecule is CCOC(=O)CNC(=O)Cc1csc(-c2ccc(OCCN3CCN(C(=O)COc4ccc(N5CCC(=O)NC5=O)cc4)CC3)cc2C)n1. The molecule has 3 heterocycles. The van der Waals surface area contributed by atoms with E-state index in [2.05, 4.69) is 20.5 Å². The van der Waals surface area contributed by atoms with E-state index < -0.39 is 12.0 Å². The van der Waals surface area contributed by atoms with Gasteiger partial charge in [-0.3, -0.25) is 34.3 Å². The van der Waals surface area contributed by atoms with Crippen LogP contribution >= 0.6 is 11.3 Å². The Morgan fingerprint density at radius 3 is 2.45 bits per heavy atom. The minimum Gasteiger partial charge on any atom is -0.492 e. The van der Waals surface area contributed by atoms with Gasteiger partial charge in [-0.2, -0.15) is 0 Å². The molecule has 0 bridgehead atoms. The molecule has 3 aromatic rings. The third-order valence-corrected chi connectivity index (χ3v) is 8.95. The number of aryl methyl sites for hydroxylation is 1. The highest BCUT2D eigenvalue weighted by atomic mass is 32.1. The van der Waals surface area contributed by atoms with Crippen LogP contribution in [0.4, 0.5) is 10.5 Å². The van der Waals surface area contributed by atoms with Crippen molar-refractivity contribution >= 4 is 46.7 Å². The summed E-state index contributed by atoms with van der Waals surface area (Å²) in [5.41, 5.74) is 3.24. The number of esters is 1. The lowest BCUT2D eigenvalue weighted by Gasteiger charge is -2.34. The molecule has 2 aliphatic rings. The lowest BCUT2D eigenvalue weighted by atomic mass is 10.1. The van der Waals surface area contributed by atoms with E-state index in [1.54, 1.807) is 36.1 Å². The maximum atomic E-state index is 12.8. The molecular weight excluding hydrogens is 652 g/mol. The molecule has 0 unspecified atom stereocenters. The molecule has 0 radical (unpaired) electrons. The van der Waals surface area contributed by atoms with Crippen molar-refractivity contribution in [2.75, 3.05) is 70.5 Å². The topological polar surface area (TPSA) is 160 Å². The fourth-order valence-corrected chi connectivity index (χ4v) is 6.28. The zero-order valence-corrected chi connectivity index (χ0v) is 28.4. The highest BCUT2D eigenvalue weighted by Crippen LogP contribution is 2.30. The zero-order valence-electron chi connectivity index (χ0n) is 27.6. The maximum Gasteiger partial charge on any atom is 0.328 e. The van der Waals surface area contributed by atoms with Gasteiger partial charge in [0.1, 0.15) is 29.7 Å². The molecule has 260 valence electrons. The first-order chi connectivity index (χ1) is 23.7. The molecule has 5 rings (SSSR count). The number of ether oxygens (including phenoxy) is 3. The smallest absolute Gasteiger partial charge is 0.328 e. The van der Waals surface area contributed by atoms with Gasteiger partial charge in [-0.15, -0.1) is 11.3 Å². The van der Waals surface area contributed by atoms with E-state index in [1.807, 2.05) is 30.5 Å². The average Bonchev–Trinajstić information content (AvgIpc) is 3.55. The van der Waals surface area contributed by atoms with Gasteiger partial charge in [0, 0.05) is 62.3 Å². The summed E-state index contributed by atoms with van der Waals surface area (Å²) in [6.45, 7) is 7.93. The molecule has 2 fully saturated rings. The van der Waals surface area contributed by atoms with Gasteiger partial charge in [0.05, 0.1) is 18.7 Å². The number of piperazine rings is 1. The molecule has 2 N–H and O–H groups in total. The number of carbonyl (C=O) groups excluding carboxylic acids is 5. The number of nitrogens with one attached hydrogen (secondary N) is 2. The third kappa shape index (κ3) is 9.99. The second-order valence-electron chi connectivity index (χ2n) is 11.5. The predicted molar refractivity (Wildman–Crippen MR) is 182 cm³/mol. The van der Waals surface area contributed by atoms with Crippen molar-refractivity contribution in [3.8, 4) is 22.1 Å². The molecule has 2 aliphatic heterocycles. The van der Waals surface area contributed by atoms with Crippen LogP contribution in [0.25, 0.3) is 10.6 Å². The first kappa shape index (κ1) is 35.3. The molecule has 0 atom stereocenters. The number of amides is 5. The molecule has 2 saturated heterocycles. The van der Waals surface area contributed by atoms with Gasteiger partial charge >= 0.3 is 12.0 Å². The summed E-state index contributed by atoms with van der Waals surface area (Å²) in [7, 11) is 0. The Balaban J connectivity index is 0.991. The first-order valence-corrected chi connectivity index (χ1v) is 17.0. The van der Waals surface area contributed by atoms with Crippen molar-refractivity contribution in [3.05, 3.63) is 59.1 Å². The third-order valence-electron chi connectivity index (χ3n) is 8.02. The molecule has 1 aromatic heterocycles. The van der Waals surface area contributed by atoms with E-state index in [-0.39, 0.29) is 50.3 Å². The Morgan fingerprint density at radius 1 is 0.980 bits per heavy atom. The Hall–Kier alpha value is -5.02. The van der Waals surface area contributed by atoms with E-state index in [0.29, 0.717) is 43.4 Å². The number of anilines is 1. The Morgan fingerprint density at radius 2 is 1.73 bits per heavy atom. The van der Waals surface area contributed by atoms with Gasteiger partial charge in [0.15, 0.2) is 6.61 Å². The summed E-state index contributed by atoms with van der Waals surface area (Å²) in [6, 6.07) is 12.3. The number of carbonyl (C=O) groups is 5. The van der Waals surface area contributed by atoms with Crippen molar-refractivity contribution in [3.63, 3.8) is 0 Å². The highest BCUT2D eigenvalue weighted by Gasteiger charge is 2.25. The molecule has 0 saturated carbocycles. The quantitative estimate of drug-likeness (QED) is 0.240. The van der Waals surface area contributed by atoms with Crippen molar-refractivity contribution in [2.24, 2.45) is 0 Å². The second-order valence-corrected chi connectivity index (χ2v) is 12.3. The normalized spacial score (nSPS) is 15.1. The summed E-state index contributed by atoms with van der Waals surface area (Å²) in [5.74, 6) is 0.137. The standard InChI is InChI=1S/C34H40N6O8S/c1-3-46-32(44)20-35-30(42)19-24-22-49-33(36-24)28-9-8-27(18-23(28)2)47-17-16-38-12-14-39(15-13-38)31(43)21-48-26-6-4-25(5-7-26)40-11-10-29(41)37-34(40)45/h4-9,18,22H,3,10-17,19-21H2,1-2H3,(H,35,42)(H,37,41,45). The Kier molecular flexibility index (Phi) is 12.2. The summed E-state index contributed by atoms with van der Waals surface area (Å²) < 4.78 is 16.6. The molecular formula is C34H40N6O8S. The number of thiazole rings is 1. The lowest BCUT2D eigenvalue weighted by molar-refractivity contribution is -0.143. The van der Waals surface area contributed by atoms with Gasteiger partial charge in [-0.1, -0.05) is 0 Å². The van der Waals surface area contributed by atoms with Crippen LogP contribution in [0.15, 0.2) is 47.8 Å². The van der Waals surface area contributed by atoms with Crippen LogP contribution in [0.5, 0.6) is 11.5 Å². The van der Waals surface area contributed by atoms with Crippen molar-refractivity contribution < 1.29 is 38.2 Å². The summed E-state index contributed by atoms with van der Waals surface area (Å²) >= 11 is 1.45. The fraction of sp³-hybridized carbons (Fsp3) is 0.412. The number of aromatic nitrogens is 1. The van der Waals surface area contributed by atoms with Crippen LogP contribution in [-0.2, 0) is 30.3 Å². The van der Waals surface area contributed by atoms with E-state index in [0.717, 1.165) is 41.5 Å². The molecule has 2 aromatic carbocycles. The largest absolute Gasteiger partial charge is 0.492 e. The number of urea groups is 1. The van der Waals surface area contributed by atoms with Gasteiger partial charge < -0.3 is 24.4 Å². The molecule has 14 nitrogen and oxygen atoms in total. The van der Waals surface area contributed by atoms with Crippen LogP contribution in [0.3, 0.4) is 0 Å². The number of benzene rings is 2. The van der Waals surface area contributed by atoms with Crippen LogP contribution in [-0.4, -0.2) is 110 Å². The molecule has 0 spiro atoms. The van der Waals surface area contributed by atoms with Crippen molar-refractivity contribution in [1.29, 1.82) is 0 Å². The predicted octanol–water partition coefficient (Wildman–Crippen LogP) is 2.39. The van der Waals surface area contributed by atoms with Crippen molar-refractivity contribution in [1.82, 2.24) is 25.4 Å². The highest BCUT2D eigenvalue weighted by molar-refractivity contribution is 7.13. The summed E-state index contributed by atoms with van der Waals surface area (Å²) in [4.78, 5) is 69.9. The van der Waals surface area contributed by atoms with E-state index in [1.165, 1.54) is 16.2 Å². The Labute approximate surface area is 288 Å². The number of nitrogens with zero attached hydrogens (tertiary/aromatic N) is 4. The average molecular weight is 693 g/mol. The Bertz CT molecular complexity index is 1650. The molecule has 49 heavy (non-hydrogen) atoms. The zero-order chi connectivity index (χ0) is 34.8. The van der Waals surface area contributed by atoms with Crippen LogP contribution in [0, 0.1) is 6.92 Å². The van der Waals surface area contributed by atoms with Gasteiger partial charge in [0.25, 0.3) is 5.91 Å². The second kappa shape index (κ2) is 16.9.